The van der Waals surface area contributed by atoms with Crippen molar-refractivity contribution >= 4 is 28.6 Å². The molecule has 0 radical (unpaired) electrons. The van der Waals surface area contributed by atoms with Crippen molar-refractivity contribution in [2.45, 2.75) is 57.7 Å². The number of fused-ring (bicyclic) bond motifs is 1. The van der Waals surface area contributed by atoms with E-state index in [1.54, 1.807) is 43.1 Å². The molecule has 4 aromatic rings. The van der Waals surface area contributed by atoms with Crippen LogP contribution in [0.4, 0.5) is 11.6 Å². The standard InChI is InChI=1S/C34H45N9O2/c1-33(2,45)21-43-30-18-27(41-13-8-26(9-14-41)42-15-10-34(11-16-42)22-39(3)23-34)5-6-28(30)37-32(43)38-31(44)24-7-12-35-29(17-24)25-19-36-40(4)20-25/h5-7,12,17-20,26,45H,8-11,13-16,21-23H2,1-4H3,(H,37,38,44). The van der Waals surface area contributed by atoms with Gasteiger partial charge in [-0.25, -0.2) is 4.98 Å². The molecule has 1 spiro atoms. The number of aryl methyl sites for hydroxylation is 1. The Balaban J connectivity index is 1.07. The zero-order chi connectivity index (χ0) is 31.3. The Labute approximate surface area is 264 Å². The van der Waals surface area contributed by atoms with Crippen LogP contribution in [0.15, 0.2) is 48.9 Å². The van der Waals surface area contributed by atoms with Gasteiger partial charge in [0.2, 0.25) is 5.95 Å². The highest BCUT2D eigenvalue weighted by Gasteiger charge is 2.44. The molecule has 0 atom stereocenters. The van der Waals surface area contributed by atoms with E-state index in [2.05, 4.69) is 49.3 Å². The number of aliphatic hydroxyl groups is 1. The quantitative estimate of drug-likeness (QED) is 0.325. The van der Waals surface area contributed by atoms with Crippen LogP contribution in [0, 0.1) is 5.41 Å². The Kier molecular flexibility index (Phi) is 7.66. The van der Waals surface area contributed by atoms with E-state index in [9.17, 15) is 9.90 Å². The summed E-state index contributed by atoms with van der Waals surface area (Å²) in [5.41, 5.74) is 4.39. The highest BCUT2D eigenvalue weighted by atomic mass is 16.3. The van der Waals surface area contributed by atoms with Crippen LogP contribution in [0.25, 0.3) is 22.3 Å². The number of likely N-dealkylation sites (tertiary alicyclic amines) is 2. The third-order valence-electron chi connectivity index (χ3n) is 9.94. The van der Waals surface area contributed by atoms with Crippen LogP contribution < -0.4 is 10.2 Å². The van der Waals surface area contributed by atoms with Gasteiger partial charge in [0.05, 0.1) is 35.1 Å². The molecule has 0 aliphatic carbocycles. The number of hydrogen-bond donors (Lipinski definition) is 2. The Morgan fingerprint density at radius 2 is 1.82 bits per heavy atom. The fourth-order valence-corrected chi connectivity index (χ4v) is 7.67. The van der Waals surface area contributed by atoms with Gasteiger partial charge in [0.1, 0.15) is 0 Å². The summed E-state index contributed by atoms with van der Waals surface area (Å²) in [6.07, 6.45) is 10.2. The molecule has 3 fully saturated rings. The number of piperidine rings is 2. The van der Waals surface area contributed by atoms with Crippen molar-refractivity contribution in [1.82, 2.24) is 34.1 Å². The molecule has 2 N–H and O–H groups in total. The Bertz CT molecular complexity index is 1680. The van der Waals surface area contributed by atoms with Crippen LogP contribution in [0.3, 0.4) is 0 Å². The van der Waals surface area contributed by atoms with E-state index < -0.39 is 5.60 Å². The van der Waals surface area contributed by atoms with Gasteiger partial charge < -0.3 is 24.4 Å². The smallest absolute Gasteiger partial charge is 0.258 e. The van der Waals surface area contributed by atoms with Gasteiger partial charge in [-0.05, 0) is 95.4 Å². The van der Waals surface area contributed by atoms with Crippen molar-refractivity contribution in [3.05, 3.63) is 54.5 Å². The number of amides is 1. The maximum absolute atomic E-state index is 13.5. The van der Waals surface area contributed by atoms with E-state index in [-0.39, 0.29) is 12.5 Å². The average molecular weight is 612 g/mol. The lowest BCUT2D eigenvalue weighted by molar-refractivity contribution is -0.0419. The SMILES string of the molecule is CN1CC2(CCN(C3CCN(c4ccc5nc(NC(=O)c6ccnc(-c7cnn(C)c7)c6)n(CC(C)(C)O)c5c4)CC3)CC2)C1. The van der Waals surface area contributed by atoms with Crippen molar-refractivity contribution in [2.75, 3.05) is 56.5 Å². The van der Waals surface area contributed by atoms with E-state index in [4.69, 9.17) is 4.98 Å². The second-order valence-corrected chi connectivity index (χ2v) is 14.2. The highest BCUT2D eigenvalue weighted by Crippen LogP contribution is 2.40. The molecule has 11 nitrogen and oxygen atoms in total. The number of imidazole rings is 1. The molecule has 11 heteroatoms. The van der Waals surface area contributed by atoms with Gasteiger partial charge >= 0.3 is 0 Å². The number of rotatable bonds is 7. The number of hydrogen-bond acceptors (Lipinski definition) is 8. The van der Waals surface area contributed by atoms with Gasteiger partial charge in [-0.1, -0.05) is 0 Å². The average Bonchev–Trinajstić information content (AvgIpc) is 3.59. The summed E-state index contributed by atoms with van der Waals surface area (Å²) < 4.78 is 3.63. The Morgan fingerprint density at radius 1 is 1.07 bits per heavy atom. The number of benzene rings is 1. The molecule has 45 heavy (non-hydrogen) atoms. The second kappa shape index (κ2) is 11.5. The fourth-order valence-electron chi connectivity index (χ4n) is 7.67. The van der Waals surface area contributed by atoms with Crippen LogP contribution in [-0.4, -0.2) is 103 Å². The monoisotopic (exact) mass is 611 g/mol. The minimum atomic E-state index is -1.01. The molecule has 0 bridgehead atoms. The third-order valence-corrected chi connectivity index (χ3v) is 9.94. The molecular formula is C34H45N9O2. The number of pyridine rings is 1. The van der Waals surface area contributed by atoms with Crippen LogP contribution in [0.5, 0.6) is 0 Å². The maximum atomic E-state index is 13.5. The zero-order valence-electron chi connectivity index (χ0n) is 26.9. The number of anilines is 2. The first-order valence-electron chi connectivity index (χ1n) is 16.2. The van der Waals surface area contributed by atoms with Crippen molar-refractivity contribution in [2.24, 2.45) is 12.5 Å². The number of carbonyl (C=O) groups excluding carboxylic acids is 1. The summed E-state index contributed by atoms with van der Waals surface area (Å²) in [5.74, 6) is 0.123. The van der Waals surface area contributed by atoms with Gasteiger partial charge in [0, 0.05) is 68.5 Å². The number of nitrogens with zero attached hydrogens (tertiary/aromatic N) is 8. The topological polar surface area (TPSA) is 108 Å². The third kappa shape index (κ3) is 6.21. The first kappa shape index (κ1) is 29.9. The van der Waals surface area contributed by atoms with Gasteiger partial charge in [0.25, 0.3) is 5.91 Å². The Hall–Kier alpha value is -3.80. The molecule has 7 rings (SSSR count). The minimum Gasteiger partial charge on any atom is -0.389 e. The molecule has 1 aromatic carbocycles. The summed E-state index contributed by atoms with van der Waals surface area (Å²) in [5, 5.41) is 18.1. The lowest BCUT2D eigenvalue weighted by Crippen LogP contribution is -2.60. The first-order chi connectivity index (χ1) is 21.5. The van der Waals surface area contributed by atoms with E-state index in [0.29, 0.717) is 28.7 Å². The van der Waals surface area contributed by atoms with E-state index in [0.717, 1.165) is 35.4 Å². The van der Waals surface area contributed by atoms with Gasteiger partial charge in [0.15, 0.2) is 0 Å². The van der Waals surface area contributed by atoms with Crippen molar-refractivity contribution in [1.29, 1.82) is 0 Å². The fraction of sp³-hybridized carbons (Fsp3) is 0.529. The van der Waals surface area contributed by atoms with Crippen LogP contribution >= 0.6 is 0 Å². The second-order valence-electron chi connectivity index (χ2n) is 14.2. The highest BCUT2D eigenvalue weighted by molar-refractivity contribution is 6.04. The van der Waals surface area contributed by atoms with Crippen molar-refractivity contribution in [3.63, 3.8) is 0 Å². The predicted molar refractivity (Wildman–Crippen MR) is 176 cm³/mol. The van der Waals surface area contributed by atoms with Crippen LogP contribution in [0.2, 0.25) is 0 Å². The van der Waals surface area contributed by atoms with Gasteiger partial charge in [-0.2, -0.15) is 5.10 Å². The van der Waals surface area contributed by atoms with E-state index >= 15 is 0 Å². The molecule has 0 unspecified atom stereocenters. The lowest BCUT2D eigenvalue weighted by atomic mass is 9.72. The predicted octanol–water partition coefficient (Wildman–Crippen LogP) is 3.85. The normalized spacial score (nSPS) is 19.7. The maximum Gasteiger partial charge on any atom is 0.258 e. The van der Waals surface area contributed by atoms with Gasteiger partial charge in [-0.3, -0.25) is 19.8 Å². The summed E-state index contributed by atoms with van der Waals surface area (Å²) in [6.45, 7) is 10.9. The summed E-state index contributed by atoms with van der Waals surface area (Å²) in [6, 6.07) is 10.4. The summed E-state index contributed by atoms with van der Waals surface area (Å²) in [4.78, 5) is 30.3. The molecule has 3 aliphatic rings. The number of nitrogens with one attached hydrogen (secondary N) is 1. The van der Waals surface area contributed by atoms with E-state index in [1.807, 2.05) is 23.9 Å². The number of carbonyl (C=O) groups is 1. The summed E-state index contributed by atoms with van der Waals surface area (Å²) in [7, 11) is 4.08. The molecular weight excluding hydrogens is 566 g/mol. The number of aromatic nitrogens is 5. The molecule has 3 aromatic heterocycles. The first-order valence-corrected chi connectivity index (χ1v) is 16.2. The molecule has 6 heterocycles. The molecule has 0 saturated carbocycles. The van der Waals surface area contributed by atoms with Gasteiger partial charge in [-0.15, -0.1) is 0 Å². The van der Waals surface area contributed by atoms with Crippen LogP contribution in [-0.2, 0) is 13.6 Å². The van der Waals surface area contributed by atoms with E-state index in [1.165, 1.54) is 51.9 Å². The lowest BCUT2D eigenvalue weighted by Gasteiger charge is -2.54. The Morgan fingerprint density at radius 3 is 2.49 bits per heavy atom. The largest absolute Gasteiger partial charge is 0.389 e. The van der Waals surface area contributed by atoms with Crippen molar-refractivity contribution in [3.8, 4) is 11.3 Å². The summed E-state index contributed by atoms with van der Waals surface area (Å²) >= 11 is 0. The molecule has 1 amide bonds. The minimum absolute atomic E-state index is 0.286. The molecule has 3 saturated heterocycles. The molecule has 238 valence electrons. The molecule has 3 aliphatic heterocycles. The zero-order valence-corrected chi connectivity index (χ0v) is 26.9. The van der Waals surface area contributed by atoms with Crippen LogP contribution in [0.1, 0.15) is 49.9 Å². The van der Waals surface area contributed by atoms with Crippen molar-refractivity contribution < 1.29 is 9.90 Å².